The van der Waals surface area contributed by atoms with Crippen molar-refractivity contribution in [3.63, 3.8) is 0 Å². The Kier molecular flexibility index (Phi) is 9.28. The first-order valence-corrected chi connectivity index (χ1v) is 13.8. The van der Waals surface area contributed by atoms with Gasteiger partial charge in [-0.2, -0.15) is 0 Å². The number of nitrogens with one attached hydrogen (secondary N) is 1. The van der Waals surface area contributed by atoms with Crippen LogP contribution in [-0.2, 0) is 16.2 Å². The Balaban J connectivity index is 1.48. The van der Waals surface area contributed by atoms with Gasteiger partial charge in [0.25, 0.3) is 11.1 Å². The van der Waals surface area contributed by atoms with Gasteiger partial charge in [0.15, 0.2) is 11.5 Å². The topological polar surface area (TPSA) is 122 Å². The Hall–Kier alpha value is -4.09. The molecule has 0 aliphatic carbocycles. The van der Waals surface area contributed by atoms with Crippen molar-refractivity contribution in [2.75, 3.05) is 18.5 Å². The third-order valence-corrected chi connectivity index (χ3v) is 7.19. The summed E-state index contributed by atoms with van der Waals surface area (Å²) in [7, 11) is 0. The monoisotopic (exact) mass is 624 g/mol. The molecule has 1 heterocycles. The first-order valence-electron chi connectivity index (χ1n) is 12.2. The van der Waals surface area contributed by atoms with E-state index < -0.39 is 29.6 Å². The molecule has 0 radical (unpaired) electrons. The fraction of sp³-hybridized carbons (Fsp3) is 0.172. The number of amides is 3. The number of hydrogen-bond acceptors (Lipinski definition) is 7. The summed E-state index contributed by atoms with van der Waals surface area (Å²) in [6.45, 7) is 3.84. The molecule has 1 aliphatic rings. The van der Waals surface area contributed by atoms with Crippen LogP contribution in [0.1, 0.15) is 34.0 Å². The van der Waals surface area contributed by atoms with Gasteiger partial charge in [-0.15, -0.1) is 0 Å². The highest BCUT2D eigenvalue weighted by atomic mass is 79.9. The summed E-state index contributed by atoms with van der Waals surface area (Å²) in [5, 5.41) is 11.2. The van der Waals surface area contributed by atoms with Crippen LogP contribution in [-0.4, -0.2) is 46.2 Å². The van der Waals surface area contributed by atoms with E-state index in [-0.39, 0.29) is 17.1 Å². The van der Waals surface area contributed by atoms with Gasteiger partial charge in [-0.1, -0.05) is 24.3 Å². The molecule has 9 nitrogen and oxygen atoms in total. The van der Waals surface area contributed by atoms with E-state index in [0.29, 0.717) is 33.8 Å². The molecule has 40 heavy (non-hydrogen) atoms. The predicted molar refractivity (Wildman–Crippen MR) is 156 cm³/mol. The fourth-order valence-corrected chi connectivity index (χ4v) is 5.24. The molecule has 0 unspecified atom stereocenters. The summed E-state index contributed by atoms with van der Waals surface area (Å²) >= 11 is 4.25. The number of rotatable bonds is 10. The van der Waals surface area contributed by atoms with E-state index >= 15 is 0 Å². The molecule has 206 valence electrons. The van der Waals surface area contributed by atoms with Crippen molar-refractivity contribution in [3.8, 4) is 11.5 Å². The fourth-order valence-electron chi connectivity index (χ4n) is 3.83. The Bertz CT molecular complexity index is 1500. The van der Waals surface area contributed by atoms with Crippen LogP contribution in [0.4, 0.5) is 10.5 Å². The SMILES string of the molecule is CCOc1cc(/C=C2\SC(=O)N(CC(=O)Nc3cccc(C)c3)C2=O)cc(Br)c1OCc1ccc(C(=O)O)cc1. The largest absolute Gasteiger partial charge is 0.490 e. The van der Waals surface area contributed by atoms with E-state index in [4.69, 9.17) is 14.6 Å². The summed E-state index contributed by atoms with van der Waals surface area (Å²) in [5.74, 6) is -1.19. The van der Waals surface area contributed by atoms with Crippen LogP contribution in [0.3, 0.4) is 0 Å². The van der Waals surface area contributed by atoms with Crippen LogP contribution in [0.25, 0.3) is 6.08 Å². The number of aromatic carboxylic acids is 1. The first kappa shape index (κ1) is 28.9. The second-order valence-corrected chi connectivity index (χ2v) is 10.6. The highest BCUT2D eigenvalue weighted by molar-refractivity contribution is 9.10. The molecule has 0 aromatic heterocycles. The van der Waals surface area contributed by atoms with Crippen LogP contribution < -0.4 is 14.8 Å². The molecule has 1 aliphatic heterocycles. The highest BCUT2D eigenvalue weighted by Crippen LogP contribution is 2.39. The summed E-state index contributed by atoms with van der Waals surface area (Å²) < 4.78 is 12.3. The normalized spacial score (nSPS) is 14.0. The minimum atomic E-state index is -1.01. The van der Waals surface area contributed by atoms with Crippen LogP contribution in [0, 0.1) is 6.92 Å². The average Bonchev–Trinajstić information content (AvgIpc) is 3.15. The first-order chi connectivity index (χ1) is 19.1. The molecule has 11 heteroatoms. The average molecular weight is 625 g/mol. The molecule has 1 saturated heterocycles. The Morgan fingerprint density at radius 3 is 2.50 bits per heavy atom. The van der Waals surface area contributed by atoms with Crippen molar-refractivity contribution >= 4 is 62.5 Å². The standard InChI is InChI=1S/C29H25BrN2O7S/c1-3-38-23-13-19(12-22(30)26(23)39-16-18-7-9-20(10-8-18)28(35)36)14-24-27(34)32(29(37)40-24)15-25(33)31-21-6-4-5-17(2)11-21/h4-14H,3,15-16H2,1-2H3,(H,31,33)(H,35,36)/b24-14-. The molecule has 1 fully saturated rings. The zero-order chi connectivity index (χ0) is 28.8. The molecule has 3 amide bonds. The van der Waals surface area contributed by atoms with Crippen molar-refractivity contribution in [2.45, 2.75) is 20.5 Å². The zero-order valence-corrected chi connectivity index (χ0v) is 24.0. The lowest BCUT2D eigenvalue weighted by Gasteiger charge is -2.15. The van der Waals surface area contributed by atoms with Gasteiger partial charge in [-0.3, -0.25) is 19.3 Å². The number of carbonyl (C=O) groups excluding carboxylic acids is 3. The lowest BCUT2D eigenvalue weighted by molar-refractivity contribution is -0.127. The molecule has 0 atom stereocenters. The Morgan fingerprint density at radius 2 is 1.82 bits per heavy atom. The quantitative estimate of drug-likeness (QED) is 0.259. The molecular weight excluding hydrogens is 600 g/mol. The number of halogens is 1. The summed E-state index contributed by atoms with van der Waals surface area (Å²) in [6, 6.07) is 17.0. The Labute approximate surface area is 243 Å². The van der Waals surface area contributed by atoms with Gasteiger partial charge in [0.1, 0.15) is 13.2 Å². The van der Waals surface area contributed by atoms with Crippen molar-refractivity contribution in [1.82, 2.24) is 4.90 Å². The number of nitrogens with zero attached hydrogens (tertiary/aromatic N) is 1. The molecule has 0 bridgehead atoms. The maximum absolute atomic E-state index is 13.0. The number of ether oxygens (including phenoxy) is 2. The third kappa shape index (κ3) is 7.10. The van der Waals surface area contributed by atoms with E-state index in [1.165, 1.54) is 12.1 Å². The van der Waals surface area contributed by atoms with Gasteiger partial charge in [0.05, 0.1) is 21.5 Å². The Morgan fingerprint density at radius 1 is 1.07 bits per heavy atom. The minimum Gasteiger partial charge on any atom is -0.490 e. The van der Waals surface area contributed by atoms with E-state index in [9.17, 15) is 19.2 Å². The lowest BCUT2D eigenvalue weighted by Crippen LogP contribution is -2.36. The maximum atomic E-state index is 13.0. The van der Waals surface area contributed by atoms with E-state index in [2.05, 4.69) is 21.2 Å². The van der Waals surface area contributed by atoms with E-state index in [0.717, 1.165) is 27.8 Å². The number of carbonyl (C=O) groups is 4. The molecule has 3 aromatic carbocycles. The van der Waals surface area contributed by atoms with Crippen LogP contribution in [0.15, 0.2) is 70.0 Å². The van der Waals surface area contributed by atoms with Crippen molar-refractivity contribution in [2.24, 2.45) is 0 Å². The molecule has 0 saturated carbocycles. The van der Waals surface area contributed by atoms with Crippen LogP contribution in [0.5, 0.6) is 11.5 Å². The van der Waals surface area contributed by atoms with Gasteiger partial charge in [0, 0.05) is 5.69 Å². The summed E-state index contributed by atoms with van der Waals surface area (Å²) in [6.07, 6.45) is 1.56. The number of imide groups is 1. The van der Waals surface area contributed by atoms with Crippen molar-refractivity contribution in [3.05, 3.63) is 92.3 Å². The van der Waals surface area contributed by atoms with E-state index in [1.807, 2.05) is 19.9 Å². The van der Waals surface area contributed by atoms with Gasteiger partial charge in [-0.05, 0) is 101 Å². The smallest absolute Gasteiger partial charge is 0.335 e. The van der Waals surface area contributed by atoms with Crippen molar-refractivity contribution in [1.29, 1.82) is 0 Å². The number of carboxylic acid groups (broad SMARTS) is 1. The van der Waals surface area contributed by atoms with Crippen molar-refractivity contribution < 1.29 is 33.8 Å². The summed E-state index contributed by atoms with van der Waals surface area (Å²) in [4.78, 5) is 50.2. The zero-order valence-electron chi connectivity index (χ0n) is 21.6. The number of aryl methyl sites for hydroxylation is 1. The van der Waals surface area contributed by atoms with Gasteiger partial charge < -0.3 is 19.9 Å². The van der Waals surface area contributed by atoms with Crippen LogP contribution in [0.2, 0.25) is 0 Å². The van der Waals surface area contributed by atoms with Gasteiger partial charge in [0.2, 0.25) is 5.91 Å². The molecule has 3 aromatic rings. The number of anilines is 1. The molecule has 0 spiro atoms. The number of benzene rings is 3. The van der Waals surface area contributed by atoms with Crippen LogP contribution >= 0.6 is 27.7 Å². The van der Waals surface area contributed by atoms with Gasteiger partial charge >= 0.3 is 5.97 Å². The second kappa shape index (κ2) is 12.8. The number of thioether (sulfide) groups is 1. The molecule has 4 rings (SSSR count). The number of carboxylic acids is 1. The highest BCUT2D eigenvalue weighted by Gasteiger charge is 2.36. The maximum Gasteiger partial charge on any atom is 0.335 e. The molecular formula is C29H25BrN2O7S. The predicted octanol–water partition coefficient (Wildman–Crippen LogP) is 6.11. The minimum absolute atomic E-state index is 0.168. The van der Waals surface area contributed by atoms with E-state index in [1.54, 1.807) is 48.5 Å². The lowest BCUT2D eigenvalue weighted by atomic mass is 10.1. The second-order valence-electron chi connectivity index (χ2n) is 8.74. The number of hydrogen-bond donors (Lipinski definition) is 2. The van der Waals surface area contributed by atoms with Gasteiger partial charge in [-0.25, -0.2) is 4.79 Å². The third-order valence-electron chi connectivity index (χ3n) is 5.69. The molecule has 2 N–H and O–H groups in total. The summed E-state index contributed by atoms with van der Waals surface area (Å²) in [5.41, 5.74) is 3.09.